The molecular weight excluding hydrogens is 280 g/mol. The molecule has 0 saturated carbocycles. The summed E-state index contributed by atoms with van der Waals surface area (Å²) in [4.78, 5) is 2.72. The summed E-state index contributed by atoms with van der Waals surface area (Å²) in [6.07, 6.45) is 0. The van der Waals surface area contributed by atoms with E-state index in [0.717, 1.165) is 20.1 Å². The molecular formula is C12H12N4OS2. The van der Waals surface area contributed by atoms with Crippen molar-refractivity contribution in [2.75, 3.05) is 26.1 Å². The molecule has 0 saturated heterocycles. The highest BCUT2D eigenvalue weighted by Crippen LogP contribution is 2.36. The summed E-state index contributed by atoms with van der Waals surface area (Å²) in [7, 11) is 5.44. The zero-order valence-corrected chi connectivity index (χ0v) is 12.4. The Morgan fingerprint density at radius 2 is 2.16 bits per heavy atom. The molecule has 0 unspecified atom stereocenters. The molecule has 98 valence electrons. The van der Waals surface area contributed by atoms with E-state index in [2.05, 4.69) is 16.3 Å². The highest BCUT2D eigenvalue weighted by Gasteiger charge is 2.11. The summed E-state index contributed by atoms with van der Waals surface area (Å²) in [6.45, 7) is 0. The second-order valence-corrected chi connectivity index (χ2v) is 6.07. The van der Waals surface area contributed by atoms with Gasteiger partial charge in [-0.05, 0) is 18.2 Å². The lowest BCUT2D eigenvalue weighted by atomic mass is 10.2. The largest absolute Gasteiger partial charge is 0.497 e. The Hall–Kier alpha value is -1.78. The van der Waals surface area contributed by atoms with Crippen molar-refractivity contribution < 1.29 is 4.74 Å². The molecule has 7 heteroatoms. The van der Waals surface area contributed by atoms with E-state index in [1.54, 1.807) is 19.2 Å². The zero-order chi connectivity index (χ0) is 13.8. The van der Waals surface area contributed by atoms with E-state index in [4.69, 9.17) is 10.00 Å². The first-order chi connectivity index (χ1) is 9.13. The topological polar surface area (TPSA) is 62.0 Å². The molecule has 0 aliphatic heterocycles. The van der Waals surface area contributed by atoms with Gasteiger partial charge in [0, 0.05) is 19.0 Å². The van der Waals surface area contributed by atoms with Gasteiger partial charge in [0.1, 0.15) is 11.8 Å². The van der Waals surface area contributed by atoms with E-state index >= 15 is 0 Å². The van der Waals surface area contributed by atoms with Crippen molar-refractivity contribution in [2.24, 2.45) is 0 Å². The Morgan fingerprint density at radius 1 is 1.37 bits per heavy atom. The maximum absolute atomic E-state index is 9.11. The van der Waals surface area contributed by atoms with Gasteiger partial charge in [0.2, 0.25) is 5.13 Å². The summed E-state index contributed by atoms with van der Waals surface area (Å²) < 4.78 is 5.97. The van der Waals surface area contributed by atoms with Gasteiger partial charge in [-0.2, -0.15) is 5.26 Å². The molecule has 2 aromatic rings. The quantitative estimate of drug-likeness (QED) is 0.863. The number of rotatable bonds is 4. The fourth-order valence-electron chi connectivity index (χ4n) is 1.32. The van der Waals surface area contributed by atoms with Crippen LogP contribution in [0.1, 0.15) is 5.56 Å². The minimum absolute atomic E-state index is 0.604. The lowest BCUT2D eigenvalue weighted by molar-refractivity contribution is 0.413. The molecule has 0 atom stereocenters. The Balaban J connectivity index is 2.28. The number of aromatic nitrogens is 2. The second kappa shape index (κ2) is 5.91. The van der Waals surface area contributed by atoms with E-state index in [1.807, 2.05) is 25.1 Å². The minimum Gasteiger partial charge on any atom is -0.497 e. The predicted octanol–water partition coefficient (Wildman–Crippen LogP) is 2.64. The Morgan fingerprint density at radius 3 is 2.74 bits per heavy atom. The fraction of sp³-hybridized carbons (Fsp3) is 0.250. The first-order valence-electron chi connectivity index (χ1n) is 5.41. The number of hydrogen-bond donors (Lipinski definition) is 0. The SMILES string of the molecule is COc1ccc(C#N)c(Sc2nnc(N(C)C)s2)c1. The average molecular weight is 292 g/mol. The Bertz CT molecular complexity index is 618. The minimum atomic E-state index is 0.604. The van der Waals surface area contributed by atoms with Crippen LogP contribution in [0.15, 0.2) is 27.4 Å². The maximum Gasteiger partial charge on any atom is 0.208 e. The van der Waals surface area contributed by atoms with Gasteiger partial charge in [0.15, 0.2) is 4.34 Å². The van der Waals surface area contributed by atoms with E-state index in [0.29, 0.717) is 5.56 Å². The van der Waals surface area contributed by atoms with Gasteiger partial charge < -0.3 is 9.64 Å². The summed E-state index contributed by atoms with van der Waals surface area (Å²) >= 11 is 2.91. The standard InChI is InChI=1S/C12H12N4OS2/c1-16(2)11-14-15-12(19-11)18-10-6-9(17-3)5-4-8(10)7-13/h4-6H,1-3H3. The molecule has 0 aliphatic rings. The molecule has 2 rings (SSSR count). The van der Waals surface area contributed by atoms with Gasteiger partial charge >= 0.3 is 0 Å². The summed E-state index contributed by atoms with van der Waals surface area (Å²) in [5, 5.41) is 18.1. The number of methoxy groups -OCH3 is 1. The van der Waals surface area contributed by atoms with E-state index in [1.165, 1.54) is 23.1 Å². The van der Waals surface area contributed by atoms with E-state index in [-0.39, 0.29) is 0 Å². The predicted molar refractivity (Wildman–Crippen MR) is 76.1 cm³/mol. The number of nitriles is 1. The van der Waals surface area contributed by atoms with Gasteiger partial charge in [-0.25, -0.2) is 0 Å². The molecule has 0 bridgehead atoms. The van der Waals surface area contributed by atoms with E-state index < -0.39 is 0 Å². The third-order valence-corrected chi connectivity index (χ3v) is 4.48. The second-order valence-electron chi connectivity index (χ2n) is 3.82. The molecule has 0 fully saturated rings. The van der Waals surface area contributed by atoms with Gasteiger partial charge in [-0.1, -0.05) is 23.1 Å². The molecule has 1 aromatic carbocycles. The van der Waals surface area contributed by atoms with Crippen molar-refractivity contribution >= 4 is 28.2 Å². The van der Waals surface area contributed by atoms with Crippen LogP contribution in [-0.2, 0) is 0 Å². The van der Waals surface area contributed by atoms with Crippen molar-refractivity contribution in [3.8, 4) is 11.8 Å². The Labute approximate surface area is 119 Å². The molecule has 1 aromatic heterocycles. The maximum atomic E-state index is 9.11. The van der Waals surface area contributed by atoms with E-state index in [9.17, 15) is 0 Å². The Kier molecular flexibility index (Phi) is 4.24. The zero-order valence-electron chi connectivity index (χ0n) is 10.7. The van der Waals surface area contributed by atoms with Crippen LogP contribution >= 0.6 is 23.1 Å². The van der Waals surface area contributed by atoms with Crippen molar-refractivity contribution in [3.05, 3.63) is 23.8 Å². The first kappa shape index (κ1) is 13.6. The van der Waals surface area contributed by atoms with Crippen LogP contribution < -0.4 is 9.64 Å². The average Bonchev–Trinajstić information content (AvgIpc) is 2.87. The first-order valence-corrected chi connectivity index (χ1v) is 7.04. The summed E-state index contributed by atoms with van der Waals surface area (Å²) in [6, 6.07) is 7.52. The highest BCUT2D eigenvalue weighted by molar-refractivity contribution is 8.01. The van der Waals surface area contributed by atoms with Gasteiger partial charge in [-0.3, -0.25) is 0 Å². The third kappa shape index (κ3) is 3.16. The van der Waals surface area contributed by atoms with Crippen LogP contribution in [0.3, 0.4) is 0 Å². The van der Waals surface area contributed by atoms with Gasteiger partial charge in [0.25, 0.3) is 0 Å². The van der Waals surface area contributed by atoms with Crippen LogP contribution in [0, 0.1) is 11.3 Å². The molecule has 0 spiro atoms. The molecule has 0 aliphatic carbocycles. The van der Waals surface area contributed by atoms with Crippen molar-refractivity contribution in [1.29, 1.82) is 5.26 Å². The molecule has 1 heterocycles. The molecule has 0 N–H and O–H groups in total. The number of nitrogens with zero attached hydrogens (tertiary/aromatic N) is 4. The molecule has 5 nitrogen and oxygen atoms in total. The number of ether oxygens (including phenoxy) is 1. The lowest BCUT2D eigenvalue weighted by Crippen LogP contribution is -2.07. The highest BCUT2D eigenvalue weighted by atomic mass is 32.2. The van der Waals surface area contributed by atoms with Crippen molar-refractivity contribution in [1.82, 2.24) is 10.2 Å². The van der Waals surface area contributed by atoms with Crippen molar-refractivity contribution in [3.63, 3.8) is 0 Å². The van der Waals surface area contributed by atoms with Crippen LogP contribution in [0.4, 0.5) is 5.13 Å². The van der Waals surface area contributed by atoms with Crippen LogP contribution in [0.2, 0.25) is 0 Å². The number of anilines is 1. The van der Waals surface area contributed by atoms with Crippen LogP contribution in [-0.4, -0.2) is 31.4 Å². The van der Waals surface area contributed by atoms with Gasteiger partial charge in [0.05, 0.1) is 12.7 Å². The molecule has 0 radical (unpaired) electrons. The van der Waals surface area contributed by atoms with Gasteiger partial charge in [-0.15, -0.1) is 10.2 Å². The van der Waals surface area contributed by atoms with Crippen LogP contribution in [0.5, 0.6) is 5.75 Å². The lowest BCUT2D eigenvalue weighted by Gasteiger charge is -2.05. The monoisotopic (exact) mass is 292 g/mol. The van der Waals surface area contributed by atoms with Crippen molar-refractivity contribution in [2.45, 2.75) is 9.24 Å². The molecule has 0 amide bonds. The summed E-state index contributed by atoms with van der Waals surface area (Å²) in [5.74, 6) is 0.721. The third-order valence-electron chi connectivity index (χ3n) is 2.28. The normalized spacial score (nSPS) is 10.0. The fourth-order valence-corrected chi connectivity index (χ4v) is 3.16. The number of hydrogen-bond acceptors (Lipinski definition) is 7. The number of benzene rings is 1. The van der Waals surface area contributed by atoms with Crippen LogP contribution in [0.25, 0.3) is 0 Å². The summed E-state index contributed by atoms with van der Waals surface area (Å²) in [5.41, 5.74) is 0.604. The smallest absolute Gasteiger partial charge is 0.208 e. The molecule has 19 heavy (non-hydrogen) atoms.